The van der Waals surface area contributed by atoms with E-state index in [1.54, 1.807) is 18.3 Å². The zero-order valence-corrected chi connectivity index (χ0v) is 18.4. The number of para-hydroxylation sites is 1. The quantitative estimate of drug-likeness (QED) is 0.386. The lowest BCUT2D eigenvalue weighted by Crippen LogP contribution is -2.67. The third-order valence-corrected chi connectivity index (χ3v) is 7.82. The molecule has 3 aromatic rings. The van der Waals surface area contributed by atoms with Gasteiger partial charge in [-0.05, 0) is 35.7 Å². The van der Waals surface area contributed by atoms with Crippen LogP contribution in [0.25, 0.3) is 10.9 Å². The van der Waals surface area contributed by atoms with Crippen LogP contribution in [0.4, 0.5) is 13.2 Å². The summed E-state index contributed by atoms with van der Waals surface area (Å²) in [6, 6.07) is 15.2. The molecule has 3 aliphatic heterocycles. The maximum atomic E-state index is 13.1. The molecule has 1 N–H and O–H groups in total. The highest BCUT2D eigenvalue weighted by atomic mass is 19.4. The van der Waals surface area contributed by atoms with Crippen LogP contribution in [0.15, 0.2) is 73.4 Å². The van der Waals surface area contributed by atoms with Crippen molar-refractivity contribution in [3.8, 4) is 0 Å². The molecule has 0 aliphatic carbocycles. The summed E-state index contributed by atoms with van der Waals surface area (Å²) in [6.07, 6.45) is 0.648. The Morgan fingerprint density at radius 1 is 1.12 bits per heavy atom. The number of alkyl halides is 3. The lowest BCUT2D eigenvalue weighted by molar-refractivity contribution is -0.984. The molecule has 3 aliphatic rings. The van der Waals surface area contributed by atoms with E-state index in [1.807, 2.05) is 36.4 Å². The van der Waals surface area contributed by atoms with Crippen molar-refractivity contribution >= 4 is 10.9 Å². The van der Waals surface area contributed by atoms with Gasteiger partial charge in [-0.15, -0.1) is 6.58 Å². The molecule has 33 heavy (non-hydrogen) atoms. The molecule has 3 saturated heterocycles. The lowest BCUT2D eigenvalue weighted by atomic mass is 9.71. The van der Waals surface area contributed by atoms with Crippen molar-refractivity contribution in [2.75, 3.05) is 13.1 Å². The van der Waals surface area contributed by atoms with E-state index in [1.165, 1.54) is 0 Å². The van der Waals surface area contributed by atoms with Gasteiger partial charge in [0.2, 0.25) is 0 Å². The predicted octanol–water partition coefficient (Wildman–Crippen LogP) is 5.90. The van der Waals surface area contributed by atoms with Crippen LogP contribution in [0.2, 0.25) is 0 Å². The third kappa shape index (κ3) is 3.96. The summed E-state index contributed by atoms with van der Waals surface area (Å²) in [5, 5.41) is 12.6. The van der Waals surface area contributed by atoms with Crippen LogP contribution >= 0.6 is 0 Å². The Kier molecular flexibility index (Phi) is 5.53. The average molecular weight is 454 g/mol. The minimum Gasteiger partial charge on any atom is -0.382 e. The molecule has 1 aromatic heterocycles. The van der Waals surface area contributed by atoms with Gasteiger partial charge in [-0.2, -0.15) is 13.2 Å². The number of benzene rings is 2. The summed E-state index contributed by atoms with van der Waals surface area (Å²) < 4.78 is 39.8. The van der Waals surface area contributed by atoms with E-state index < -0.39 is 17.8 Å². The molecule has 6 heteroatoms. The summed E-state index contributed by atoms with van der Waals surface area (Å²) in [7, 11) is 0. The minimum atomic E-state index is -4.34. The Labute approximate surface area is 191 Å². The molecule has 0 amide bonds. The zero-order chi connectivity index (χ0) is 23.2. The van der Waals surface area contributed by atoms with E-state index in [4.69, 9.17) is 0 Å². The fourth-order valence-electron chi connectivity index (χ4n) is 6.13. The minimum absolute atomic E-state index is 0.0342. The van der Waals surface area contributed by atoms with E-state index in [2.05, 4.69) is 11.6 Å². The van der Waals surface area contributed by atoms with Crippen molar-refractivity contribution < 1.29 is 22.8 Å². The maximum Gasteiger partial charge on any atom is 0.416 e. The number of aliphatic hydroxyl groups is 1. The van der Waals surface area contributed by atoms with Crippen LogP contribution in [-0.4, -0.2) is 33.7 Å². The van der Waals surface area contributed by atoms with Gasteiger partial charge in [0.1, 0.15) is 18.7 Å². The Morgan fingerprint density at radius 3 is 2.61 bits per heavy atom. The molecule has 3 nitrogen and oxygen atoms in total. The first-order valence-electron chi connectivity index (χ1n) is 11.5. The van der Waals surface area contributed by atoms with Crippen LogP contribution in [-0.2, 0) is 12.7 Å². The van der Waals surface area contributed by atoms with Crippen LogP contribution in [0.3, 0.4) is 0 Å². The highest BCUT2D eigenvalue weighted by molar-refractivity contribution is 5.82. The van der Waals surface area contributed by atoms with Crippen LogP contribution in [0.1, 0.15) is 35.6 Å². The van der Waals surface area contributed by atoms with Gasteiger partial charge in [0.05, 0.1) is 24.2 Å². The van der Waals surface area contributed by atoms with Gasteiger partial charge in [0.15, 0.2) is 0 Å². The van der Waals surface area contributed by atoms with Crippen molar-refractivity contribution in [2.45, 2.75) is 37.7 Å². The number of aromatic nitrogens is 1. The Hall–Kier alpha value is -2.70. The topological polar surface area (TPSA) is 33.1 Å². The number of rotatable bonds is 5. The Balaban J connectivity index is 1.51. The first-order chi connectivity index (χ1) is 15.8. The number of pyridine rings is 1. The number of quaternary nitrogens is 1. The highest BCUT2D eigenvalue weighted by Crippen LogP contribution is 2.48. The van der Waals surface area contributed by atoms with Crippen LogP contribution < -0.4 is 0 Å². The van der Waals surface area contributed by atoms with E-state index in [0.717, 1.165) is 60.1 Å². The largest absolute Gasteiger partial charge is 0.416 e. The number of piperidine rings is 3. The second-order valence-corrected chi connectivity index (χ2v) is 9.59. The van der Waals surface area contributed by atoms with Gasteiger partial charge in [0.25, 0.3) is 0 Å². The number of fused-ring (bicyclic) bond motifs is 4. The number of nitrogens with zero attached hydrogens (tertiary/aromatic N) is 2. The molecule has 2 bridgehead atoms. The number of halogens is 3. The first kappa shape index (κ1) is 22.1. The van der Waals surface area contributed by atoms with Gasteiger partial charge in [-0.25, -0.2) is 0 Å². The first-order valence-corrected chi connectivity index (χ1v) is 11.5. The molecule has 5 atom stereocenters. The number of hydrogen-bond donors (Lipinski definition) is 1. The van der Waals surface area contributed by atoms with Crippen molar-refractivity contribution in [1.29, 1.82) is 0 Å². The summed E-state index contributed by atoms with van der Waals surface area (Å²) >= 11 is 0. The van der Waals surface area contributed by atoms with Gasteiger partial charge in [-0.1, -0.05) is 36.4 Å². The molecule has 6 rings (SSSR count). The number of hydrogen-bond acceptors (Lipinski definition) is 2. The van der Waals surface area contributed by atoms with E-state index in [-0.39, 0.29) is 6.04 Å². The van der Waals surface area contributed by atoms with Crippen LogP contribution in [0.5, 0.6) is 0 Å². The standard InChI is InChI=1S/C27H28F3N2O/c1-2-19-17-32(16-18-7-9-21(10-8-18)27(28,29)30)14-12-20(19)15-25(32)26(33)23-11-13-31-24-6-4-3-5-22(23)24/h2-11,13,19-20,25-26,33H,1,12,14-17H2/q+1/t19?,20?,25?,26-,32-/m0/s1. The third-order valence-electron chi connectivity index (χ3n) is 7.82. The molecule has 0 radical (unpaired) electrons. The highest BCUT2D eigenvalue weighted by Gasteiger charge is 2.54. The van der Waals surface area contributed by atoms with Crippen LogP contribution in [0, 0.1) is 11.8 Å². The monoisotopic (exact) mass is 453 g/mol. The van der Waals surface area contributed by atoms with E-state index in [9.17, 15) is 18.3 Å². The molecule has 4 heterocycles. The molecule has 172 valence electrons. The summed E-state index contributed by atoms with van der Waals surface area (Å²) in [6.45, 7) is 6.39. The Morgan fingerprint density at radius 2 is 1.88 bits per heavy atom. The van der Waals surface area contributed by atoms with Crippen molar-refractivity contribution in [1.82, 2.24) is 4.98 Å². The second-order valence-electron chi connectivity index (χ2n) is 9.59. The van der Waals surface area contributed by atoms with Crippen molar-refractivity contribution in [2.24, 2.45) is 11.8 Å². The average Bonchev–Trinajstić information content (AvgIpc) is 2.83. The van der Waals surface area contributed by atoms with Gasteiger partial charge in [-0.3, -0.25) is 4.98 Å². The van der Waals surface area contributed by atoms with Gasteiger partial charge < -0.3 is 9.59 Å². The fraction of sp³-hybridized carbons (Fsp3) is 0.370. The summed E-state index contributed by atoms with van der Waals surface area (Å²) in [5.74, 6) is 0.827. The van der Waals surface area contributed by atoms with Gasteiger partial charge >= 0.3 is 6.18 Å². The fourth-order valence-corrected chi connectivity index (χ4v) is 6.13. The molecule has 3 fully saturated rings. The summed E-state index contributed by atoms with van der Waals surface area (Å²) in [5.41, 5.74) is 1.96. The molecule has 0 saturated carbocycles. The number of aliphatic hydroxyl groups excluding tert-OH is 1. The van der Waals surface area contributed by atoms with E-state index >= 15 is 0 Å². The summed E-state index contributed by atoms with van der Waals surface area (Å²) in [4.78, 5) is 4.43. The lowest BCUT2D eigenvalue weighted by Gasteiger charge is -2.58. The second kappa shape index (κ2) is 8.26. The van der Waals surface area contributed by atoms with Crippen molar-refractivity contribution in [3.05, 3.63) is 90.1 Å². The molecule has 3 unspecified atom stereocenters. The zero-order valence-electron chi connectivity index (χ0n) is 18.4. The molecule has 0 spiro atoms. The normalized spacial score (nSPS) is 28.1. The van der Waals surface area contributed by atoms with Gasteiger partial charge in [0, 0.05) is 35.9 Å². The predicted molar refractivity (Wildman–Crippen MR) is 122 cm³/mol. The smallest absolute Gasteiger partial charge is 0.382 e. The maximum absolute atomic E-state index is 13.1. The Bertz CT molecular complexity index is 1150. The SMILES string of the molecule is C=CC1C[N@@+]2(Cc3ccc(C(F)(F)F)cc3)CCC1CC2[C@@H](O)c1ccnc2ccccc12. The van der Waals surface area contributed by atoms with E-state index in [0.29, 0.717) is 22.9 Å². The molecule has 2 aromatic carbocycles. The van der Waals surface area contributed by atoms with Crippen molar-refractivity contribution in [3.63, 3.8) is 0 Å². The molecular formula is C27H28F3N2O+. The molecular weight excluding hydrogens is 425 g/mol.